The summed E-state index contributed by atoms with van der Waals surface area (Å²) in [5.74, 6) is 0.592. The lowest BCUT2D eigenvalue weighted by molar-refractivity contribution is 0.424. The first-order valence-corrected chi connectivity index (χ1v) is 6.47. The molecule has 0 bridgehead atoms. The first kappa shape index (κ1) is 12.7. The molecule has 0 saturated heterocycles. The Labute approximate surface area is 108 Å². The van der Waals surface area contributed by atoms with Crippen LogP contribution in [0.3, 0.4) is 0 Å². The first-order valence-electron chi connectivity index (χ1n) is 6.47. The van der Waals surface area contributed by atoms with Crippen molar-refractivity contribution in [3.05, 3.63) is 29.7 Å². The van der Waals surface area contributed by atoms with Gasteiger partial charge in [0.1, 0.15) is 5.82 Å². The number of nitrogens with zero attached hydrogens (tertiary/aromatic N) is 4. The highest BCUT2D eigenvalue weighted by atomic mass is 15.3. The van der Waals surface area contributed by atoms with E-state index in [-0.39, 0.29) is 0 Å². The number of hydrogen-bond donors (Lipinski definition) is 1. The molecule has 98 valence electrons. The molecule has 0 aliphatic rings. The summed E-state index contributed by atoms with van der Waals surface area (Å²) in [6, 6.07) is 2.54. The average molecular weight is 247 g/mol. The van der Waals surface area contributed by atoms with Crippen LogP contribution in [0.5, 0.6) is 0 Å². The highest BCUT2D eigenvalue weighted by molar-refractivity contribution is 5.35. The second kappa shape index (κ2) is 5.25. The molecule has 0 radical (unpaired) electrons. The number of aromatic nitrogens is 4. The summed E-state index contributed by atoms with van der Waals surface area (Å²) in [5.41, 5.74) is 7.76. The van der Waals surface area contributed by atoms with Gasteiger partial charge in [-0.05, 0) is 25.8 Å². The maximum atomic E-state index is 5.73. The smallest absolute Gasteiger partial charge is 0.148 e. The van der Waals surface area contributed by atoms with E-state index in [2.05, 4.69) is 28.7 Å². The van der Waals surface area contributed by atoms with Crippen LogP contribution in [-0.4, -0.2) is 19.6 Å². The number of nitrogen functional groups attached to an aromatic ring is 1. The first-order chi connectivity index (χ1) is 8.63. The van der Waals surface area contributed by atoms with Gasteiger partial charge >= 0.3 is 0 Å². The zero-order valence-electron chi connectivity index (χ0n) is 11.3. The maximum Gasteiger partial charge on any atom is 0.148 e. The Hall–Kier alpha value is -1.78. The standard InChI is InChI=1S/C13H21N5/c1-4-12(5-2)18-7-6-11(15-18)9-17-8-10(3)13(14)16-17/h6-8,12H,4-5,9H2,1-3H3,(H2,14,16). The second-order valence-corrected chi connectivity index (χ2v) is 4.65. The van der Waals surface area contributed by atoms with E-state index < -0.39 is 0 Å². The molecule has 5 nitrogen and oxygen atoms in total. The molecule has 0 spiro atoms. The van der Waals surface area contributed by atoms with E-state index in [1.54, 1.807) is 0 Å². The molecule has 0 atom stereocenters. The Balaban J connectivity index is 2.11. The van der Waals surface area contributed by atoms with Crippen LogP contribution in [0.15, 0.2) is 18.5 Å². The highest BCUT2D eigenvalue weighted by Crippen LogP contribution is 2.15. The zero-order valence-corrected chi connectivity index (χ0v) is 11.3. The van der Waals surface area contributed by atoms with Crippen molar-refractivity contribution in [1.82, 2.24) is 19.6 Å². The van der Waals surface area contributed by atoms with Gasteiger partial charge in [-0.2, -0.15) is 10.2 Å². The van der Waals surface area contributed by atoms with Gasteiger partial charge in [-0.3, -0.25) is 9.36 Å². The molecule has 18 heavy (non-hydrogen) atoms. The van der Waals surface area contributed by atoms with Gasteiger partial charge in [-0.15, -0.1) is 0 Å². The molecule has 2 heterocycles. The Morgan fingerprint density at radius 3 is 2.56 bits per heavy atom. The lowest BCUT2D eigenvalue weighted by Gasteiger charge is -2.12. The van der Waals surface area contributed by atoms with Crippen LogP contribution in [0.2, 0.25) is 0 Å². The third-order valence-electron chi connectivity index (χ3n) is 3.29. The fourth-order valence-electron chi connectivity index (χ4n) is 2.11. The molecule has 0 aliphatic heterocycles. The van der Waals surface area contributed by atoms with E-state index in [9.17, 15) is 0 Å². The maximum absolute atomic E-state index is 5.73. The van der Waals surface area contributed by atoms with Crippen LogP contribution in [0.25, 0.3) is 0 Å². The van der Waals surface area contributed by atoms with Gasteiger partial charge < -0.3 is 5.73 Å². The lowest BCUT2D eigenvalue weighted by Crippen LogP contribution is -2.09. The molecular formula is C13H21N5. The van der Waals surface area contributed by atoms with Gasteiger partial charge in [0.15, 0.2) is 0 Å². The van der Waals surface area contributed by atoms with Gasteiger partial charge in [0, 0.05) is 18.0 Å². The third-order valence-corrected chi connectivity index (χ3v) is 3.29. The molecular weight excluding hydrogens is 226 g/mol. The summed E-state index contributed by atoms with van der Waals surface area (Å²) in [6.45, 7) is 7.01. The quantitative estimate of drug-likeness (QED) is 0.882. The number of hydrogen-bond acceptors (Lipinski definition) is 3. The Morgan fingerprint density at radius 2 is 2.00 bits per heavy atom. The normalized spacial score (nSPS) is 11.3. The average Bonchev–Trinajstić information content (AvgIpc) is 2.90. The molecule has 0 unspecified atom stereocenters. The number of aryl methyl sites for hydroxylation is 1. The van der Waals surface area contributed by atoms with Gasteiger partial charge in [-0.1, -0.05) is 13.8 Å². The van der Waals surface area contributed by atoms with Gasteiger partial charge in [0.25, 0.3) is 0 Å². The van der Waals surface area contributed by atoms with Crippen molar-refractivity contribution < 1.29 is 0 Å². The molecule has 0 aromatic carbocycles. The molecule has 2 aromatic heterocycles. The van der Waals surface area contributed by atoms with Gasteiger partial charge in [-0.25, -0.2) is 0 Å². The lowest BCUT2D eigenvalue weighted by atomic mass is 10.2. The third kappa shape index (κ3) is 2.55. The second-order valence-electron chi connectivity index (χ2n) is 4.65. The molecule has 2 N–H and O–H groups in total. The summed E-state index contributed by atoms with van der Waals surface area (Å²) in [4.78, 5) is 0. The van der Waals surface area contributed by atoms with Crippen LogP contribution in [-0.2, 0) is 6.54 Å². The summed E-state index contributed by atoms with van der Waals surface area (Å²) in [5, 5.41) is 8.85. The van der Waals surface area contributed by atoms with Crippen molar-refractivity contribution in [3.63, 3.8) is 0 Å². The summed E-state index contributed by atoms with van der Waals surface area (Å²) < 4.78 is 3.89. The minimum absolute atomic E-state index is 0.489. The SMILES string of the molecule is CCC(CC)n1ccc(Cn2cc(C)c(N)n2)n1. The van der Waals surface area contributed by atoms with E-state index >= 15 is 0 Å². The molecule has 0 fully saturated rings. The topological polar surface area (TPSA) is 61.7 Å². The molecule has 2 rings (SSSR count). The number of anilines is 1. The predicted molar refractivity (Wildman–Crippen MR) is 72.3 cm³/mol. The van der Waals surface area contributed by atoms with Crippen molar-refractivity contribution in [1.29, 1.82) is 0 Å². The van der Waals surface area contributed by atoms with Crippen LogP contribution in [0.1, 0.15) is 44.0 Å². The molecule has 5 heteroatoms. The Bertz CT molecular complexity index is 488. The fraction of sp³-hybridized carbons (Fsp3) is 0.538. The van der Waals surface area contributed by atoms with Crippen molar-refractivity contribution in [2.75, 3.05) is 5.73 Å². The zero-order chi connectivity index (χ0) is 13.1. The summed E-state index contributed by atoms with van der Waals surface area (Å²) in [7, 11) is 0. The fourth-order valence-corrected chi connectivity index (χ4v) is 2.11. The van der Waals surface area contributed by atoms with Crippen LogP contribution >= 0.6 is 0 Å². The van der Waals surface area contributed by atoms with Crippen LogP contribution in [0.4, 0.5) is 5.82 Å². The largest absolute Gasteiger partial charge is 0.382 e. The van der Waals surface area contributed by atoms with Crippen LogP contribution in [0, 0.1) is 6.92 Å². The van der Waals surface area contributed by atoms with Gasteiger partial charge in [0.05, 0.1) is 18.3 Å². The molecule has 0 saturated carbocycles. The Kier molecular flexibility index (Phi) is 3.69. The number of rotatable bonds is 5. The highest BCUT2D eigenvalue weighted by Gasteiger charge is 2.09. The van der Waals surface area contributed by atoms with Crippen LogP contribution < -0.4 is 5.73 Å². The van der Waals surface area contributed by atoms with Gasteiger partial charge in [0.2, 0.25) is 0 Å². The van der Waals surface area contributed by atoms with E-state index in [0.717, 1.165) is 24.1 Å². The molecule has 0 amide bonds. The molecule has 2 aromatic rings. The molecule has 0 aliphatic carbocycles. The summed E-state index contributed by atoms with van der Waals surface area (Å²) >= 11 is 0. The Morgan fingerprint density at radius 1 is 1.28 bits per heavy atom. The monoisotopic (exact) mass is 247 g/mol. The van der Waals surface area contributed by atoms with E-state index in [1.165, 1.54) is 0 Å². The van der Waals surface area contributed by atoms with E-state index in [1.807, 2.05) is 30.1 Å². The van der Waals surface area contributed by atoms with E-state index in [0.29, 0.717) is 18.4 Å². The van der Waals surface area contributed by atoms with Crippen molar-refractivity contribution in [2.24, 2.45) is 0 Å². The minimum atomic E-state index is 0.489. The predicted octanol–water partition coefficient (Wildman–Crippen LogP) is 2.38. The van der Waals surface area contributed by atoms with E-state index in [4.69, 9.17) is 5.73 Å². The minimum Gasteiger partial charge on any atom is -0.382 e. The number of nitrogens with two attached hydrogens (primary N) is 1. The van der Waals surface area contributed by atoms with Crippen molar-refractivity contribution in [2.45, 2.75) is 46.2 Å². The van der Waals surface area contributed by atoms with Crippen molar-refractivity contribution >= 4 is 5.82 Å². The van der Waals surface area contributed by atoms with Crippen molar-refractivity contribution in [3.8, 4) is 0 Å². The summed E-state index contributed by atoms with van der Waals surface area (Å²) in [6.07, 6.45) is 6.20.